The van der Waals surface area contributed by atoms with Crippen LogP contribution in [0.1, 0.15) is 12.0 Å². The van der Waals surface area contributed by atoms with Crippen LogP contribution >= 0.6 is 0 Å². The van der Waals surface area contributed by atoms with Crippen LogP contribution in [0.3, 0.4) is 0 Å². The van der Waals surface area contributed by atoms with E-state index >= 15 is 0 Å². The van der Waals surface area contributed by atoms with Crippen LogP contribution in [0.4, 0.5) is 0 Å². The van der Waals surface area contributed by atoms with E-state index in [9.17, 15) is 0 Å². The molecule has 2 aromatic rings. The van der Waals surface area contributed by atoms with Crippen molar-refractivity contribution in [2.24, 2.45) is 5.73 Å². The van der Waals surface area contributed by atoms with E-state index in [0.717, 1.165) is 31.7 Å². The molecule has 0 amide bonds. The maximum Gasteiger partial charge on any atom is 0.0645 e. The first-order valence-corrected chi connectivity index (χ1v) is 5.90. The van der Waals surface area contributed by atoms with E-state index in [1.54, 1.807) is 6.20 Å². The molecular formula is C13H18N4. The maximum atomic E-state index is 5.43. The van der Waals surface area contributed by atoms with E-state index in [-0.39, 0.29) is 0 Å². The van der Waals surface area contributed by atoms with Gasteiger partial charge in [-0.1, -0.05) is 12.1 Å². The Morgan fingerprint density at radius 2 is 2.06 bits per heavy atom. The zero-order chi connectivity index (χ0) is 11.9. The summed E-state index contributed by atoms with van der Waals surface area (Å²) in [6, 6.07) is 10.3. The Morgan fingerprint density at radius 3 is 2.71 bits per heavy atom. The normalized spacial score (nSPS) is 10.6. The molecule has 0 bridgehead atoms. The summed E-state index contributed by atoms with van der Waals surface area (Å²) in [6.45, 7) is 2.60. The number of hydrogen-bond acceptors (Lipinski definition) is 3. The first-order chi connectivity index (χ1) is 8.40. The lowest BCUT2D eigenvalue weighted by Crippen LogP contribution is -2.17. The lowest BCUT2D eigenvalue weighted by Gasteiger charge is -2.05. The van der Waals surface area contributed by atoms with Crippen LogP contribution in [-0.2, 0) is 6.54 Å². The largest absolute Gasteiger partial charge is 0.330 e. The van der Waals surface area contributed by atoms with E-state index < -0.39 is 0 Å². The molecular weight excluding hydrogens is 212 g/mol. The smallest absolute Gasteiger partial charge is 0.0645 e. The van der Waals surface area contributed by atoms with Crippen molar-refractivity contribution in [2.45, 2.75) is 13.0 Å². The molecule has 1 heterocycles. The van der Waals surface area contributed by atoms with Crippen molar-refractivity contribution >= 4 is 0 Å². The van der Waals surface area contributed by atoms with Crippen molar-refractivity contribution in [3.8, 4) is 5.69 Å². The standard InChI is InChI=1S/C13H18N4/c14-7-1-8-15-11-12-3-5-13(6-4-12)17-10-2-9-16-17/h2-6,9-10,15H,1,7-8,11,14H2. The molecule has 1 aromatic heterocycles. The molecule has 4 heteroatoms. The second-order valence-electron chi connectivity index (χ2n) is 3.94. The zero-order valence-electron chi connectivity index (χ0n) is 9.84. The highest BCUT2D eigenvalue weighted by Crippen LogP contribution is 2.08. The van der Waals surface area contributed by atoms with Gasteiger partial charge >= 0.3 is 0 Å². The van der Waals surface area contributed by atoms with E-state index in [2.05, 4.69) is 34.7 Å². The Kier molecular flexibility index (Phi) is 4.30. The van der Waals surface area contributed by atoms with Gasteiger partial charge in [-0.3, -0.25) is 0 Å². The quantitative estimate of drug-likeness (QED) is 0.736. The van der Waals surface area contributed by atoms with Gasteiger partial charge in [-0.2, -0.15) is 5.10 Å². The van der Waals surface area contributed by atoms with Crippen molar-refractivity contribution in [3.05, 3.63) is 48.3 Å². The molecule has 0 radical (unpaired) electrons. The van der Waals surface area contributed by atoms with Gasteiger partial charge in [0.25, 0.3) is 0 Å². The van der Waals surface area contributed by atoms with Gasteiger partial charge in [0.05, 0.1) is 5.69 Å². The van der Waals surface area contributed by atoms with Crippen LogP contribution in [0.5, 0.6) is 0 Å². The highest BCUT2D eigenvalue weighted by molar-refractivity contribution is 5.33. The number of benzene rings is 1. The lowest BCUT2D eigenvalue weighted by molar-refractivity contribution is 0.655. The number of hydrogen-bond donors (Lipinski definition) is 2. The van der Waals surface area contributed by atoms with Gasteiger partial charge in [0.1, 0.15) is 0 Å². The second-order valence-corrected chi connectivity index (χ2v) is 3.94. The summed E-state index contributed by atoms with van der Waals surface area (Å²) in [4.78, 5) is 0. The van der Waals surface area contributed by atoms with Crippen LogP contribution in [0.15, 0.2) is 42.7 Å². The second kappa shape index (κ2) is 6.18. The minimum Gasteiger partial charge on any atom is -0.330 e. The summed E-state index contributed by atoms with van der Waals surface area (Å²) in [5.74, 6) is 0. The van der Waals surface area contributed by atoms with Crippen molar-refractivity contribution in [1.29, 1.82) is 0 Å². The molecule has 0 unspecified atom stereocenters. The summed E-state index contributed by atoms with van der Waals surface area (Å²) in [7, 11) is 0. The molecule has 3 N–H and O–H groups in total. The van der Waals surface area contributed by atoms with Gasteiger partial charge in [0.2, 0.25) is 0 Å². The van der Waals surface area contributed by atoms with Crippen LogP contribution in [0.25, 0.3) is 5.69 Å². The molecule has 0 saturated carbocycles. The van der Waals surface area contributed by atoms with Gasteiger partial charge in [-0.05, 0) is 43.3 Å². The van der Waals surface area contributed by atoms with E-state index in [1.807, 2.05) is 16.9 Å². The predicted octanol–water partition coefficient (Wildman–Crippen LogP) is 1.31. The lowest BCUT2D eigenvalue weighted by atomic mass is 10.2. The number of aromatic nitrogens is 2. The molecule has 17 heavy (non-hydrogen) atoms. The minimum atomic E-state index is 0.741. The van der Waals surface area contributed by atoms with Crippen molar-refractivity contribution < 1.29 is 0 Å². The maximum absolute atomic E-state index is 5.43. The van der Waals surface area contributed by atoms with Crippen LogP contribution < -0.4 is 11.1 Å². The Morgan fingerprint density at radius 1 is 1.24 bits per heavy atom. The average molecular weight is 230 g/mol. The molecule has 0 aliphatic carbocycles. The molecule has 0 atom stereocenters. The van der Waals surface area contributed by atoms with Crippen molar-refractivity contribution in [1.82, 2.24) is 15.1 Å². The summed E-state index contributed by atoms with van der Waals surface area (Å²) >= 11 is 0. The molecule has 4 nitrogen and oxygen atoms in total. The van der Waals surface area contributed by atoms with Gasteiger partial charge < -0.3 is 11.1 Å². The summed E-state index contributed by atoms with van der Waals surface area (Å²) in [6.07, 6.45) is 4.74. The number of rotatable bonds is 6. The Labute approximate surface area is 101 Å². The van der Waals surface area contributed by atoms with Crippen molar-refractivity contribution in [3.63, 3.8) is 0 Å². The first-order valence-electron chi connectivity index (χ1n) is 5.90. The average Bonchev–Trinajstić information content (AvgIpc) is 2.89. The molecule has 0 aliphatic heterocycles. The molecule has 1 aromatic carbocycles. The third-order valence-corrected chi connectivity index (χ3v) is 2.59. The van der Waals surface area contributed by atoms with Crippen LogP contribution in [-0.4, -0.2) is 22.9 Å². The Hall–Kier alpha value is -1.65. The molecule has 0 fully saturated rings. The minimum absolute atomic E-state index is 0.741. The Balaban J connectivity index is 1.90. The molecule has 0 aliphatic rings. The molecule has 90 valence electrons. The molecule has 0 saturated heterocycles. The summed E-state index contributed by atoms with van der Waals surface area (Å²) < 4.78 is 1.85. The fourth-order valence-electron chi connectivity index (χ4n) is 1.65. The van der Waals surface area contributed by atoms with Gasteiger partial charge in [0.15, 0.2) is 0 Å². The number of nitrogens with one attached hydrogen (secondary N) is 1. The highest BCUT2D eigenvalue weighted by Gasteiger charge is 1.96. The number of nitrogens with two attached hydrogens (primary N) is 1. The van der Waals surface area contributed by atoms with E-state index in [0.29, 0.717) is 0 Å². The number of nitrogens with zero attached hydrogens (tertiary/aromatic N) is 2. The van der Waals surface area contributed by atoms with Gasteiger partial charge in [-0.15, -0.1) is 0 Å². The van der Waals surface area contributed by atoms with E-state index in [1.165, 1.54) is 5.56 Å². The summed E-state index contributed by atoms with van der Waals surface area (Å²) in [5.41, 5.74) is 7.79. The van der Waals surface area contributed by atoms with Gasteiger partial charge in [0, 0.05) is 18.9 Å². The fraction of sp³-hybridized carbons (Fsp3) is 0.308. The Bertz CT molecular complexity index is 419. The van der Waals surface area contributed by atoms with Gasteiger partial charge in [-0.25, -0.2) is 4.68 Å². The van der Waals surface area contributed by atoms with Crippen LogP contribution in [0.2, 0.25) is 0 Å². The topological polar surface area (TPSA) is 55.9 Å². The zero-order valence-corrected chi connectivity index (χ0v) is 9.84. The summed E-state index contributed by atoms with van der Waals surface area (Å²) in [5, 5.41) is 7.54. The third-order valence-electron chi connectivity index (χ3n) is 2.59. The monoisotopic (exact) mass is 230 g/mol. The van der Waals surface area contributed by atoms with Crippen LogP contribution in [0, 0.1) is 0 Å². The van der Waals surface area contributed by atoms with E-state index in [4.69, 9.17) is 5.73 Å². The highest BCUT2D eigenvalue weighted by atomic mass is 15.3. The molecule has 0 spiro atoms. The fourth-order valence-corrected chi connectivity index (χ4v) is 1.65. The SMILES string of the molecule is NCCCNCc1ccc(-n2cccn2)cc1. The predicted molar refractivity (Wildman–Crippen MR) is 68.9 cm³/mol. The molecule has 2 rings (SSSR count). The van der Waals surface area contributed by atoms with Crippen molar-refractivity contribution in [2.75, 3.05) is 13.1 Å². The third kappa shape index (κ3) is 3.41. The first kappa shape index (κ1) is 11.8.